The van der Waals surface area contributed by atoms with E-state index in [0.717, 1.165) is 38.2 Å². The predicted octanol–water partition coefficient (Wildman–Crippen LogP) is 4.09. The summed E-state index contributed by atoms with van der Waals surface area (Å²) >= 11 is 1.74. The van der Waals surface area contributed by atoms with E-state index in [9.17, 15) is 5.11 Å². The first-order valence-electron chi connectivity index (χ1n) is 8.80. The quantitative estimate of drug-likeness (QED) is 0.828. The molecule has 5 heteroatoms. The first-order chi connectivity index (χ1) is 11.7. The molecule has 0 unspecified atom stereocenters. The molecule has 1 fully saturated rings. The van der Waals surface area contributed by atoms with Gasteiger partial charge >= 0.3 is 0 Å². The number of anilines is 2. The van der Waals surface area contributed by atoms with Crippen LogP contribution in [0.4, 0.5) is 11.4 Å². The summed E-state index contributed by atoms with van der Waals surface area (Å²) in [4.78, 5) is 7.13. The Kier molecular flexibility index (Phi) is 5.74. The molecule has 0 spiro atoms. The van der Waals surface area contributed by atoms with Gasteiger partial charge in [0.15, 0.2) is 0 Å². The lowest BCUT2D eigenvalue weighted by Crippen LogP contribution is -2.35. The number of piperidine rings is 1. The van der Waals surface area contributed by atoms with Gasteiger partial charge in [0.2, 0.25) is 0 Å². The van der Waals surface area contributed by atoms with Crippen LogP contribution in [-0.2, 0) is 6.54 Å². The Hall–Kier alpha value is -1.59. The van der Waals surface area contributed by atoms with E-state index in [4.69, 9.17) is 4.98 Å². The maximum absolute atomic E-state index is 9.32. The second-order valence-electron chi connectivity index (χ2n) is 6.82. The zero-order valence-electron chi connectivity index (χ0n) is 14.5. The van der Waals surface area contributed by atoms with Crippen LogP contribution < -0.4 is 10.2 Å². The summed E-state index contributed by atoms with van der Waals surface area (Å²) in [6.07, 6.45) is 2.13. The van der Waals surface area contributed by atoms with Crippen LogP contribution in [0.1, 0.15) is 43.3 Å². The topological polar surface area (TPSA) is 48.4 Å². The molecule has 1 aliphatic rings. The number of thiazole rings is 1. The minimum Gasteiger partial charge on any atom is -0.396 e. The molecule has 0 amide bonds. The number of nitrogens with one attached hydrogen (secondary N) is 1. The molecule has 1 saturated heterocycles. The molecule has 1 aliphatic heterocycles. The highest BCUT2D eigenvalue weighted by Crippen LogP contribution is 2.30. The molecule has 130 valence electrons. The molecule has 3 rings (SSSR count). The van der Waals surface area contributed by atoms with Crippen LogP contribution in [0.25, 0.3) is 0 Å². The first kappa shape index (κ1) is 17.2. The Balaban J connectivity index is 1.65. The van der Waals surface area contributed by atoms with Gasteiger partial charge in [0, 0.05) is 31.0 Å². The van der Waals surface area contributed by atoms with Crippen LogP contribution in [0.2, 0.25) is 0 Å². The minimum atomic E-state index is 0.315. The number of aromatic nitrogens is 1. The zero-order valence-corrected chi connectivity index (χ0v) is 15.4. The fraction of sp³-hybridized carbons (Fsp3) is 0.526. The Morgan fingerprint density at radius 1 is 1.29 bits per heavy atom. The lowest BCUT2D eigenvalue weighted by atomic mass is 9.97. The van der Waals surface area contributed by atoms with Gasteiger partial charge in [-0.25, -0.2) is 4.98 Å². The number of hydrogen-bond donors (Lipinski definition) is 2. The lowest BCUT2D eigenvalue weighted by molar-refractivity contribution is 0.203. The molecular formula is C19H27N3OS. The van der Waals surface area contributed by atoms with E-state index >= 15 is 0 Å². The first-order valence-corrected chi connectivity index (χ1v) is 9.68. The van der Waals surface area contributed by atoms with Gasteiger partial charge in [-0.2, -0.15) is 0 Å². The molecule has 1 aromatic carbocycles. The summed E-state index contributed by atoms with van der Waals surface area (Å²) < 4.78 is 0. The van der Waals surface area contributed by atoms with Crippen LogP contribution in [0, 0.1) is 5.92 Å². The van der Waals surface area contributed by atoms with Crippen molar-refractivity contribution in [3.05, 3.63) is 40.3 Å². The van der Waals surface area contributed by atoms with Gasteiger partial charge in [-0.15, -0.1) is 11.3 Å². The number of aliphatic hydroxyl groups is 1. The van der Waals surface area contributed by atoms with Gasteiger partial charge < -0.3 is 15.3 Å². The molecule has 0 bridgehead atoms. The van der Waals surface area contributed by atoms with Gasteiger partial charge in [-0.05, 0) is 30.9 Å². The van der Waals surface area contributed by atoms with E-state index in [0.29, 0.717) is 18.4 Å². The van der Waals surface area contributed by atoms with Crippen LogP contribution in [0.15, 0.2) is 29.6 Å². The minimum absolute atomic E-state index is 0.315. The van der Waals surface area contributed by atoms with Crippen molar-refractivity contribution in [3.63, 3.8) is 0 Å². The maximum Gasteiger partial charge on any atom is 0.0954 e. The van der Waals surface area contributed by atoms with Crippen molar-refractivity contribution in [2.24, 2.45) is 5.92 Å². The third kappa shape index (κ3) is 4.08. The van der Waals surface area contributed by atoms with Gasteiger partial charge in [-0.1, -0.05) is 26.0 Å². The highest BCUT2D eigenvalue weighted by atomic mass is 32.1. The number of nitrogens with zero attached hydrogens (tertiary/aromatic N) is 2. The molecule has 24 heavy (non-hydrogen) atoms. The van der Waals surface area contributed by atoms with Crippen molar-refractivity contribution >= 4 is 22.7 Å². The largest absolute Gasteiger partial charge is 0.396 e. The highest BCUT2D eigenvalue weighted by molar-refractivity contribution is 7.09. The van der Waals surface area contributed by atoms with Crippen molar-refractivity contribution in [3.8, 4) is 0 Å². The molecule has 0 saturated carbocycles. The number of para-hydroxylation sites is 2. The smallest absolute Gasteiger partial charge is 0.0954 e. The van der Waals surface area contributed by atoms with Crippen molar-refractivity contribution in [1.82, 2.24) is 4.98 Å². The summed E-state index contributed by atoms with van der Waals surface area (Å²) in [6.45, 7) is 7.46. The van der Waals surface area contributed by atoms with E-state index in [2.05, 4.69) is 53.7 Å². The highest BCUT2D eigenvalue weighted by Gasteiger charge is 2.20. The zero-order chi connectivity index (χ0) is 16.9. The van der Waals surface area contributed by atoms with Crippen molar-refractivity contribution < 1.29 is 5.11 Å². The molecular weight excluding hydrogens is 318 g/mol. The fourth-order valence-corrected chi connectivity index (χ4v) is 3.95. The van der Waals surface area contributed by atoms with E-state index < -0.39 is 0 Å². The van der Waals surface area contributed by atoms with Crippen molar-refractivity contribution in [2.75, 3.05) is 29.9 Å². The summed E-state index contributed by atoms with van der Waals surface area (Å²) in [6, 6.07) is 8.50. The van der Waals surface area contributed by atoms with Crippen molar-refractivity contribution in [2.45, 2.75) is 39.2 Å². The van der Waals surface area contributed by atoms with Crippen LogP contribution >= 0.6 is 11.3 Å². The van der Waals surface area contributed by atoms with Gasteiger partial charge in [0.1, 0.15) is 0 Å². The van der Waals surface area contributed by atoms with Crippen LogP contribution in [0.5, 0.6) is 0 Å². The molecule has 0 atom stereocenters. The Morgan fingerprint density at radius 2 is 2.04 bits per heavy atom. The standard InChI is InChI=1S/C19H27N3OS/c1-14(2)19-21-16(13-24-19)11-20-17-5-3-4-6-18(17)22-9-7-15(12-23)8-10-22/h3-6,13-15,20,23H,7-12H2,1-2H3. The summed E-state index contributed by atoms with van der Waals surface area (Å²) in [5.41, 5.74) is 3.53. The molecule has 2 N–H and O–H groups in total. The Bertz CT molecular complexity index is 648. The molecule has 1 aromatic heterocycles. The molecule has 4 nitrogen and oxygen atoms in total. The Labute approximate surface area is 148 Å². The van der Waals surface area contributed by atoms with Crippen molar-refractivity contribution in [1.29, 1.82) is 0 Å². The van der Waals surface area contributed by atoms with Gasteiger partial charge in [-0.3, -0.25) is 0 Å². The lowest BCUT2D eigenvalue weighted by Gasteiger charge is -2.34. The van der Waals surface area contributed by atoms with Crippen LogP contribution in [0.3, 0.4) is 0 Å². The summed E-state index contributed by atoms with van der Waals surface area (Å²) in [5, 5.41) is 16.2. The average molecular weight is 346 g/mol. The van der Waals surface area contributed by atoms with Gasteiger partial charge in [0.05, 0.1) is 28.6 Å². The molecule has 2 aromatic rings. The fourth-order valence-electron chi connectivity index (χ4n) is 3.11. The van der Waals surface area contributed by atoms with Gasteiger partial charge in [0.25, 0.3) is 0 Å². The molecule has 2 heterocycles. The third-order valence-corrected chi connectivity index (χ3v) is 5.83. The van der Waals surface area contributed by atoms with E-state index in [-0.39, 0.29) is 0 Å². The molecule has 0 radical (unpaired) electrons. The normalized spacial score (nSPS) is 15.9. The second-order valence-corrected chi connectivity index (χ2v) is 7.71. The SMILES string of the molecule is CC(C)c1nc(CNc2ccccc2N2CCC(CO)CC2)cs1. The third-order valence-electron chi connectivity index (χ3n) is 4.64. The van der Waals surface area contributed by atoms with E-state index in [1.54, 1.807) is 11.3 Å². The summed E-state index contributed by atoms with van der Waals surface area (Å²) in [7, 11) is 0. The van der Waals surface area contributed by atoms with Crippen LogP contribution in [-0.4, -0.2) is 29.8 Å². The van der Waals surface area contributed by atoms with E-state index in [1.165, 1.54) is 16.4 Å². The number of rotatable bonds is 6. The number of benzene rings is 1. The summed E-state index contributed by atoms with van der Waals surface area (Å²) in [5.74, 6) is 0.953. The Morgan fingerprint density at radius 3 is 2.71 bits per heavy atom. The average Bonchev–Trinajstić information content (AvgIpc) is 3.10. The monoisotopic (exact) mass is 345 g/mol. The predicted molar refractivity (Wildman–Crippen MR) is 102 cm³/mol. The maximum atomic E-state index is 9.32. The second kappa shape index (κ2) is 7.99. The number of aliphatic hydroxyl groups excluding tert-OH is 1. The van der Waals surface area contributed by atoms with E-state index in [1.807, 2.05) is 0 Å². The molecule has 0 aliphatic carbocycles. The number of hydrogen-bond acceptors (Lipinski definition) is 5.